The van der Waals surface area contributed by atoms with Crippen LogP contribution >= 0.6 is 0 Å². The molecule has 1 fully saturated rings. The van der Waals surface area contributed by atoms with E-state index in [1.165, 1.54) is 22.5 Å². The third kappa shape index (κ3) is 3.23. The maximum Gasteiger partial charge on any atom is 0.308 e. The lowest BCUT2D eigenvalue weighted by molar-refractivity contribution is -0.144. The molecule has 1 saturated heterocycles. The van der Waals surface area contributed by atoms with Crippen molar-refractivity contribution in [3.63, 3.8) is 0 Å². The summed E-state index contributed by atoms with van der Waals surface area (Å²) in [6.07, 6.45) is 0.929. The molecule has 3 N–H and O–H groups in total. The summed E-state index contributed by atoms with van der Waals surface area (Å²) in [7, 11) is -3.89. The van der Waals surface area contributed by atoms with E-state index >= 15 is 0 Å². The van der Waals surface area contributed by atoms with E-state index in [9.17, 15) is 23.1 Å². The quantitative estimate of drug-likeness (QED) is 0.846. The summed E-state index contributed by atoms with van der Waals surface area (Å²) in [4.78, 5) is 22.7. The second-order valence-electron chi connectivity index (χ2n) is 5.78. The van der Waals surface area contributed by atoms with Crippen molar-refractivity contribution in [3.8, 4) is 0 Å². The normalized spacial score (nSPS) is 22.7. The van der Waals surface area contributed by atoms with E-state index in [0.717, 1.165) is 0 Å². The highest BCUT2D eigenvalue weighted by molar-refractivity contribution is 7.89. The van der Waals surface area contributed by atoms with Crippen LogP contribution in [0.1, 0.15) is 35.7 Å². The number of hydrogen-bond acceptors (Lipinski definition) is 4. The number of carbonyl (C=O) groups excluding carboxylic acids is 1. The van der Waals surface area contributed by atoms with Crippen LogP contribution < -0.4 is 5.73 Å². The van der Waals surface area contributed by atoms with Crippen LogP contribution in [-0.2, 0) is 14.8 Å². The van der Waals surface area contributed by atoms with Gasteiger partial charge in [-0.25, -0.2) is 8.42 Å². The number of nitrogens with two attached hydrogens (primary N) is 1. The first-order valence-electron chi connectivity index (χ1n) is 7.31. The first-order valence-corrected chi connectivity index (χ1v) is 8.75. The number of aryl methyl sites for hydroxylation is 1. The van der Waals surface area contributed by atoms with Gasteiger partial charge in [-0.1, -0.05) is 6.07 Å². The van der Waals surface area contributed by atoms with Crippen molar-refractivity contribution in [2.75, 3.05) is 6.54 Å². The van der Waals surface area contributed by atoms with E-state index in [1.54, 1.807) is 13.8 Å². The van der Waals surface area contributed by atoms with Crippen molar-refractivity contribution >= 4 is 21.9 Å². The van der Waals surface area contributed by atoms with Gasteiger partial charge in [0.2, 0.25) is 15.9 Å². The second kappa shape index (κ2) is 6.29. The number of amides is 1. The Kier molecular flexibility index (Phi) is 4.76. The highest BCUT2D eigenvalue weighted by Gasteiger charge is 2.39. The Morgan fingerprint density at radius 1 is 1.35 bits per heavy atom. The van der Waals surface area contributed by atoms with E-state index in [2.05, 4.69) is 0 Å². The lowest BCUT2D eigenvalue weighted by Crippen LogP contribution is -2.49. The Bertz CT molecular complexity index is 744. The standard InChI is InChI=1S/C15H20N2O5S/c1-9-5-6-11(8-13(9)14(16)18)23(21,22)17-7-3-4-12(10(17)2)15(19)20/h5-6,8,10,12H,3-4,7H2,1-2H3,(H2,16,18)(H,19,20)/t10-,12-/m1/s1. The Balaban J connectivity index is 2.44. The van der Waals surface area contributed by atoms with E-state index < -0.39 is 33.9 Å². The van der Waals surface area contributed by atoms with E-state index in [-0.39, 0.29) is 17.0 Å². The average molecular weight is 340 g/mol. The second-order valence-corrected chi connectivity index (χ2v) is 7.67. The molecule has 126 valence electrons. The number of sulfonamides is 1. The van der Waals surface area contributed by atoms with Crippen LogP contribution in [-0.4, -0.2) is 42.3 Å². The van der Waals surface area contributed by atoms with Gasteiger partial charge < -0.3 is 10.8 Å². The maximum absolute atomic E-state index is 12.8. The van der Waals surface area contributed by atoms with Gasteiger partial charge in [-0.2, -0.15) is 4.31 Å². The number of aliphatic carboxylic acids is 1. The molecule has 2 rings (SSSR count). The van der Waals surface area contributed by atoms with Gasteiger partial charge in [-0.3, -0.25) is 9.59 Å². The van der Waals surface area contributed by atoms with Crippen LogP contribution in [0.5, 0.6) is 0 Å². The predicted molar refractivity (Wildman–Crippen MR) is 83.4 cm³/mol. The van der Waals surface area contributed by atoms with E-state index in [1.807, 2.05) is 0 Å². The summed E-state index contributed by atoms with van der Waals surface area (Å²) in [5.41, 5.74) is 6.00. The van der Waals surface area contributed by atoms with Crippen molar-refractivity contribution in [1.82, 2.24) is 4.31 Å². The number of benzene rings is 1. The lowest BCUT2D eigenvalue weighted by atomic mass is 9.92. The van der Waals surface area contributed by atoms with Crippen molar-refractivity contribution in [2.45, 2.75) is 37.6 Å². The van der Waals surface area contributed by atoms with Gasteiger partial charge in [0.25, 0.3) is 0 Å². The molecular formula is C15H20N2O5S. The Morgan fingerprint density at radius 2 is 2.00 bits per heavy atom. The largest absolute Gasteiger partial charge is 0.481 e. The van der Waals surface area contributed by atoms with Crippen molar-refractivity contribution < 1.29 is 23.1 Å². The van der Waals surface area contributed by atoms with E-state index in [4.69, 9.17) is 5.73 Å². The molecule has 0 unspecified atom stereocenters. The Morgan fingerprint density at radius 3 is 2.57 bits per heavy atom. The number of carboxylic acid groups (broad SMARTS) is 1. The molecule has 0 radical (unpaired) electrons. The van der Waals surface area contributed by atoms with Gasteiger partial charge in [0.05, 0.1) is 10.8 Å². The highest BCUT2D eigenvalue weighted by Crippen LogP contribution is 2.30. The maximum atomic E-state index is 12.8. The molecule has 1 aromatic carbocycles. The number of carbonyl (C=O) groups is 2. The Labute approximate surface area is 135 Å². The molecule has 0 aromatic heterocycles. The summed E-state index contributed by atoms with van der Waals surface area (Å²) in [5.74, 6) is -2.44. The third-order valence-electron chi connectivity index (χ3n) is 4.33. The summed E-state index contributed by atoms with van der Waals surface area (Å²) < 4.78 is 26.9. The van der Waals surface area contributed by atoms with E-state index in [0.29, 0.717) is 18.4 Å². The number of nitrogens with zero attached hydrogens (tertiary/aromatic N) is 1. The Hall–Kier alpha value is -1.93. The van der Waals surface area contributed by atoms with Gasteiger partial charge in [0.1, 0.15) is 0 Å². The molecule has 2 atom stereocenters. The minimum Gasteiger partial charge on any atom is -0.481 e. The van der Waals surface area contributed by atoms with Crippen molar-refractivity contribution in [1.29, 1.82) is 0 Å². The van der Waals surface area contributed by atoms with Gasteiger partial charge >= 0.3 is 5.97 Å². The first kappa shape index (κ1) is 17.4. The van der Waals surface area contributed by atoms with Crippen molar-refractivity contribution in [3.05, 3.63) is 29.3 Å². The fourth-order valence-electron chi connectivity index (χ4n) is 2.94. The number of piperidine rings is 1. The molecule has 0 spiro atoms. The minimum absolute atomic E-state index is 0.0465. The third-order valence-corrected chi connectivity index (χ3v) is 6.31. The van der Waals surface area contributed by atoms with Gasteiger partial charge in [-0.15, -0.1) is 0 Å². The summed E-state index contributed by atoms with van der Waals surface area (Å²) in [6.45, 7) is 3.52. The molecule has 23 heavy (non-hydrogen) atoms. The predicted octanol–water partition coefficient (Wildman–Crippen LogP) is 0.968. The smallest absolute Gasteiger partial charge is 0.308 e. The molecule has 1 aliphatic rings. The summed E-state index contributed by atoms with van der Waals surface area (Å²) >= 11 is 0. The summed E-state index contributed by atoms with van der Waals surface area (Å²) in [5, 5.41) is 9.23. The number of primary amides is 1. The number of carboxylic acids is 1. The number of hydrogen-bond donors (Lipinski definition) is 2. The van der Waals surface area contributed by atoms with Crippen LogP contribution in [0.15, 0.2) is 23.1 Å². The molecule has 0 bridgehead atoms. The lowest BCUT2D eigenvalue weighted by Gasteiger charge is -2.36. The van der Waals surface area contributed by atoms with Crippen LogP contribution in [0, 0.1) is 12.8 Å². The van der Waals surface area contributed by atoms with Crippen LogP contribution in [0.25, 0.3) is 0 Å². The molecule has 0 saturated carbocycles. The molecule has 1 heterocycles. The van der Waals surface area contributed by atoms with Crippen LogP contribution in [0.4, 0.5) is 0 Å². The molecule has 8 heteroatoms. The van der Waals surface area contributed by atoms with Gasteiger partial charge in [-0.05, 0) is 44.4 Å². The zero-order chi connectivity index (χ0) is 17.4. The monoisotopic (exact) mass is 340 g/mol. The van der Waals surface area contributed by atoms with Gasteiger partial charge in [0.15, 0.2) is 0 Å². The zero-order valence-corrected chi connectivity index (χ0v) is 13.8. The molecule has 1 aromatic rings. The van der Waals surface area contributed by atoms with Gasteiger partial charge in [0, 0.05) is 18.2 Å². The van der Waals surface area contributed by atoms with Crippen molar-refractivity contribution in [2.24, 2.45) is 11.7 Å². The fraction of sp³-hybridized carbons (Fsp3) is 0.467. The molecule has 1 aliphatic heterocycles. The molecule has 0 aliphatic carbocycles. The summed E-state index contributed by atoms with van der Waals surface area (Å²) in [6, 6.07) is 3.54. The average Bonchev–Trinajstić information content (AvgIpc) is 2.46. The first-order chi connectivity index (χ1) is 10.7. The molecule has 1 amide bonds. The minimum atomic E-state index is -3.89. The van der Waals surface area contributed by atoms with Crippen LogP contribution in [0.2, 0.25) is 0 Å². The highest BCUT2D eigenvalue weighted by atomic mass is 32.2. The van der Waals surface area contributed by atoms with Crippen LogP contribution in [0.3, 0.4) is 0 Å². The number of rotatable bonds is 4. The fourth-order valence-corrected chi connectivity index (χ4v) is 4.68. The zero-order valence-electron chi connectivity index (χ0n) is 13.0. The topological polar surface area (TPSA) is 118 Å². The molecular weight excluding hydrogens is 320 g/mol. The molecule has 7 nitrogen and oxygen atoms in total. The SMILES string of the molecule is Cc1ccc(S(=O)(=O)N2CCC[C@@H](C(=O)O)[C@H]2C)cc1C(N)=O.